The van der Waals surface area contributed by atoms with E-state index in [1.165, 1.54) is 10.5 Å². The van der Waals surface area contributed by atoms with Crippen LogP contribution in [0.1, 0.15) is 24.9 Å². The van der Waals surface area contributed by atoms with Crippen molar-refractivity contribution >= 4 is 11.8 Å². The Labute approximate surface area is 95.9 Å². The lowest BCUT2D eigenvalue weighted by Crippen LogP contribution is -2.28. The van der Waals surface area contributed by atoms with Crippen molar-refractivity contribution in [3.63, 3.8) is 0 Å². The molecule has 0 spiro atoms. The summed E-state index contributed by atoms with van der Waals surface area (Å²) < 4.78 is 0. The van der Waals surface area contributed by atoms with Crippen LogP contribution in [0.2, 0.25) is 0 Å². The third-order valence-electron chi connectivity index (χ3n) is 2.27. The van der Waals surface area contributed by atoms with Gasteiger partial charge >= 0.3 is 0 Å². The quantitative estimate of drug-likeness (QED) is 0.348. The molecule has 0 saturated carbocycles. The Kier molecular flexibility index (Phi) is 4.88. The van der Waals surface area contributed by atoms with Crippen molar-refractivity contribution in [2.24, 2.45) is 5.84 Å². The molecule has 1 unspecified atom stereocenters. The van der Waals surface area contributed by atoms with E-state index in [9.17, 15) is 0 Å². The highest BCUT2D eigenvalue weighted by Gasteiger charge is 2.12. The van der Waals surface area contributed by atoms with E-state index >= 15 is 0 Å². The first-order valence-electron chi connectivity index (χ1n) is 4.92. The molecule has 3 heteroatoms. The number of thioether (sulfide) groups is 1. The molecule has 0 amide bonds. The zero-order valence-electron chi connectivity index (χ0n) is 9.29. The van der Waals surface area contributed by atoms with Crippen LogP contribution in [-0.4, -0.2) is 6.26 Å². The fraction of sp³-hybridized carbons (Fsp3) is 0.333. The van der Waals surface area contributed by atoms with Gasteiger partial charge in [0, 0.05) is 4.90 Å². The minimum absolute atomic E-state index is 0.158. The number of rotatable bonds is 5. The van der Waals surface area contributed by atoms with Gasteiger partial charge in [0.2, 0.25) is 0 Å². The van der Waals surface area contributed by atoms with E-state index < -0.39 is 0 Å². The molecule has 0 aromatic heterocycles. The van der Waals surface area contributed by atoms with Crippen molar-refractivity contribution in [3.8, 4) is 0 Å². The van der Waals surface area contributed by atoms with Gasteiger partial charge in [-0.2, -0.15) is 0 Å². The van der Waals surface area contributed by atoms with E-state index in [0.29, 0.717) is 0 Å². The first kappa shape index (κ1) is 12.3. The molecule has 1 aromatic rings. The van der Waals surface area contributed by atoms with E-state index in [2.05, 4.69) is 30.4 Å². The second-order valence-corrected chi connectivity index (χ2v) is 4.47. The van der Waals surface area contributed by atoms with Crippen molar-refractivity contribution in [1.29, 1.82) is 0 Å². The lowest BCUT2D eigenvalue weighted by molar-refractivity contribution is 0.543. The molecule has 1 aromatic carbocycles. The summed E-state index contributed by atoms with van der Waals surface area (Å²) >= 11 is 1.74. The van der Waals surface area contributed by atoms with E-state index in [1.807, 2.05) is 19.1 Å². The molecule has 0 bridgehead atoms. The molecule has 0 fully saturated rings. The predicted octanol–water partition coefficient (Wildman–Crippen LogP) is 2.88. The number of hydrazine groups is 1. The van der Waals surface area contributed by atoms with Crippen molar-refractivity contribution in [2.75, 3.05) is 6.26 Å². The molecule has 0 aliphatic carbocycles. The summed E-state index contributed by atoms with van der Waals surface area (Å²) in [7, 11) is 0. The molecule has 0 radical (unpaired) electrons. The van der Waals surface area contributed by atoms with Gasteiger partial charge in [0.25, 0.3) is 0 Å². The SMILES string of the molecule is C=C(C)CC(NN)c1ccccc1SC. The molecule has 0 saturated heterocycles. The number of nitrogens with two attached hydrogens (primary N) is 1. The van der Waals surface area contributed by atoms with Crippen molar-refractivity contribution < 1.29 is 0 Å². The van der Waals surface area contributed by atoms with Gasteiger partial charge in [-0.3, -0.25) is 11.3 Å². The van der Waals surface area contributed by atoms with Crippen LogP contribution in [0, 0.1) is 0 Å². The van der Waals surface area contributed by atoms with E-state index in [0.717, 1.165) is 12.0 Å². The Morgan fingerprint density at radius 3 is 2.73 bits per heavy atom. The second-order valence-electron chi connectivity index (χ2n) is 3.62. The Hall–Kier alpha value is -0.770. The van der Waals surface area contributed by atoms with Crippen molar-refractivity contribution in [2.45, 2.75) is 24.3 Å². The summed E-state index contributed by atoms with van der Waals surface area (Å²) in [4.78, 5) is 1.27. The van der Waals surface area contributed by atoms with Gasteiger partial charge in [0.1, 0.15) is 0 Å². The molecule has 0 aliphatic heterocycles. The molecule has 1 rings (SSSR count). The first-order valence-corrected chi connectivity index (χ1v) is 6.15. The summed E-state index contributed by atoms with van der Waals surface area (Å²) in [5, 5.41) is 0. The third kappa shape index (κ3) is 3.38. The molecule has 0 heterocycles. The predicted molar refractivity (Wildman–Crippen MR) is 67.7 cm³/mol. The zero-order chi connectivity index (χ0) is 11.3. The fourth-order valence-electron chi connectivity index (χ4n) is 1.56. The maximum absolute atomic E-state index is 5.58. The summed E-state index contributed by atoms with van der Waals surface area (Å²) in [6, 6.07) is 8.47. The van der Waals surface area contributed by atoms with Gasteiger partial charge in [-0.1, -0.05) is 23.8 Å². The summed E-state index contributed by atoms with van der Waals surface area (Å²) in [5.41, 5.74) is 5.23. The smallest absolute Gasteiger partial charge is 0.0507 e. The van der Waals surface area contributed by atoms with Gasteiger partial charge in [0.05, 0.1) is 6.04 Å². The lowest BCUT2D eigenvalue weighted by atomic mass is 10.0. The fourth-order valence-corrected chi connectivity index (χ4v) is 2.22. The van der Waals surface area contributed by atoms with Gasteiger partial charge in [-0.25, -0.2) is 0 Å². The van der Waals surface area contributed by atoms with Gasteiger partial charge in [-0.05, 0) is 31.2 Å². The Morgan fingerprint density at radius 2 is 2.20 bits per heavy atom. The Morgan fingerprint density at radius 1 is 1.53 bits per heavy atom. The number of hydrogen-bond donors (Lipinski definition) is 2. The van der Waals surface area contributed by atoms with Gasteiger partial charge in [0.15, 0.2) is 0 Å². The summed E-state index contributed by atoms with van der Waals surface area (Å²) in [5.74, 6) is 5.58. The second kappa shape index (κ2) is 5.95. The molecule has 0 aliphatic rings. The minimum Gasteiger partial charge on any atom is -0.271 e. The van der Waals surface area contributed by atoms with E-state index in [-0.39, 0.29) is 6.04 Å². The van der Waals surface area contributed by atoms with Gasteiger partial charge in [-0.15, -0.1) is 18.3 Å². The van der Waals surface area contributed by atoms with Crippen LogP contribution in [0.3, 0.4) is 0 Å². The Bertz CT molecular complexity index is 336. The molecule has 2 nitrogen and oxygen atoms in total. The molecule has 82 valence electrons. The molecule has 3 N–H and O–H groups in total. The number of hydrogen-bond acceptors (Lipinski definition) is 3. The number of nitrogens with one attached hydrogen (secondary N) is 1. The Balaban J connectivity index is 2.95. The highest BCUT2D eigenvalue weighted by Crippen LogP contribution is 2.28. The maximum Gasteiger partial charge on any atom is 0.0507 e. The van der Waals surface area contributed by atoms with Crippen LogP contribution in [0.4, 0.5) is 0 Å². The lowest BCUT2D eigenvalue weighted by Gasteiger charge is -2.18. The summed E-state index contributed by atoms with van der Waals surface area (Å²) in [6.07, 6.45) is 2.95. The molecular weight excluding hydrogens is 204 g/mol. The standard InChI is InChI=1S/C12H18N2S/c1-9(2)8-11(14-13)10-6-4-5-7-12(10)15-3/h4-7,11,14H,1,8,13H2,2-3H3. The van der Waals surface area contributed by atoms with E-state index in [4.69, 9.17) is 5.84 Å². The normalized spacial score (nSPS) is 12.5. The van der Waals surface area contributed by atoms with Gasteiger partial charge < -0.3 is 0 Å². The minimum atomic E-state index is 0.158. The van der Waals surface area contributed by atoms with E-state index in [1.54, 1.807) is 11.8 Å². The maximum atomic E-state index is 5.58. The average molecular weight is 222 g/mol. The molecular formula is C12H18N2S. The number of benzene rings is 1. The molecule has 1 atom stereocenters. The first-order chi connectivity index (χ1) is 7.19. The van der Waals surface area contributed by atoms with Crippen LogP contribution in [0.25, 0.3) is 0 Å². The van der Waals surface area contributed by atoms with Crippen LogP contribution >= 0.6 is 11.8 Å². The average Bonchev–Trinajstić information content (AvgIpc) is 2.25. The largest absolute Gasteiger partial charge is 0.271 e. The monoisotopic (exact) mass is 222 g/mol. The van der Waals surface area contributed by atoms with Crippen LogP contribution in [0.5, 0.6) is 0 Å². The van der Waals surface area contributed by atoms with Crippen LogP contribution in [0.15, 0.2) is 41.3 Å². The van der Waals surface area contributed by atoms with Crippen molar-refractivity contribution in [3.05, 3.63) is 42.0 Å². The van der Waals surface area contributed by atoms with Crippen molar-refractivity contribution in [1.82, 2.24) is 5.43 Å². The van der Waals surface area contributed by atoms with Crippen LogP contribution < -0.4 is 11.3 Å². The highest BCUT2D eigenvalue weighted by molar-refractivity contribution is 7.98. The topological polar surface area (TPSA) is 38.0 Å². The highest BCUT2D eigenvalue weighted by atomic mass is 32.2. The molecule has 15 heavy (non-hydrogen) atoms. The summed E-state index contributed by atoms with van der Waals surface area (Å²) in [6.45, 7) is 5.94. The van der Waals surface area contributed by atoms with Crippen LogP contribution in [-0.2, 0) is 0 Å². The zero-order valence-corrected chi connectivity index (χ0v) is 10.1. The third-order valence-corrected chi connectivity index (χ3v) is 3.08.